The lowest BCUT2D eigenvalue weighted by Crippen LogP contribution is -2.17. The Morgan fingerprint density at radius 3 is 2.90 bits per heavy atom. The second kappa shape index (κ2) is 6.28. The first kappa shape index (κ1) is 15.5. The van der Waals surface area contributed by atoms with Crippen molar-refractivity contribution in [2.24, 2.45) is 0 Å². The van der Waals surface area contributed by atoms with Crippen molar-refractivity contribution in [2.75, 3.05) is 13.2 Å². The number of halogens is 1. The maximum absolute atomic E-state index is 11.1. The maximum atomic E-state index is 11.1. The minimum atomic E-state index is -1.32. The third kappa shape index (κ3) is 3.25. The van der Waals surface area contributed by atoms with Crippen LogP contribution >= 0.6 is 11.6 Å². The maximum Gasteiger partial charge on any atom is 0.337 e. The predicted molar refractivity (Wildman–Crippen MR) is 74.3 cm³/mol. The number of nitro groups is 1. The minimum absolute atomic E-state index is 0.00880. The fourth-order valence-electron chi connectivity index (χ4n) is 2.18. The quantitative estimate of drug-likeness (QED) is 0.662. The summed E-state index contributed by atoms with van der Waals surface area (Å²) in [5.74, 6) is -1.33. The summed E-state index contributed by atoms with van der Waals surface area (Å²) < 4.78 is 10.9. The van der Waals surface area contributed by atoms with E-state index in [0.717, 1.165) is 18.9 Å². The number of carbonyl (C=O) groups is 1. The minimum Gasteiger partial charge on any atom is -0.484 e. The van der Waals surface area contributed by atoms with Crippen LogP contribution in [0.2, 0.25) is 5.02 Å². The lowest BCUT2D eigenvalue weighted by Gasteiger charge is -2.15. The molecule has 0 bridgehead atoms. The Morgan fingerprint density at radius 2 is 2.38 bits per heavy atom. The van der Waals surface area contributed by atoms with Gasteiger partial charge < -0.3 is 14.6 Å². The van der Waals surface area contributed by atoms with Gasteiger partial charge >= 0.3 is 11.7 Å². The smallest absolute Gasteiger partial charge is 0.337 e. The molecule has 1 heterocycles. The lowest BCUT2D eigenvalue weighted by molar-refractivity contribution is -0.386. The van der Waals surface area contributed by atoms with Gasteiger partial charge in [-0.25, -0.2) is 4.79 Å². The van der Waals surface area contributed by atoms with Gasteiger partial charge in [0.15, 0.2) is 0 Å². The monoisotopic (exact) mass is 315 g/mol. The standard InChI is InChI=1S/C13H14ClNO6/c1-7-11(14)9(13(16)17)5-10(15(18)19)12(7)21-6-8-3-2-4-20-8/h5,8H,2-4,6H2,1H3,(H,16,17). The van der Waals surface area contributed by atoms with Crippen molar-refractivity contribution in [3.05, 3.63) is 32.3 Å². The molecule has 2 rings (SSSR count). The third-order valence-corrected chi connectivity index (χ3v) is 3.77. The fourth-order valence-corrected chi connectivity index (χ4v) is 2.41. The van der Waals surface area contributed by atoms with Crippen LogP contribution in [0.25, 0.3) is 0 Å². The molecule has 1 saturated heterocycles. The van der Waals surface area contributed by atoms with Crippen molar-refractivity contribution in [2.45, 2.75) is 25.9 Å². The number of aromatic carboxylic acids is 1. The Morgan fingerprint density at radius 1 is 1.67 bits per heavy atom. The third-order valence-electron chi connectivity index (χ3n) is 3.28. The van der Waals surface area contributed by atoms with E-state index in [1.54, 1.807) is 0 Å². The van der Waals surface area contributed by atoms with Gasteiger partial charge in [-0.05, 0) is 19.8 Å². The van der Waals surface area contributed by atoms with Crippen LogP contribution in [0.15, 0.2) is 6.07 Å². The molecular formula is C13H14ClNO6. The molecule has 0 radical (unpaired) electrons. The van der Waals surface area contributed by atoms with Gasteiger partial charge in [-0.2, -0.15) is 0 Å². The number of rotatable bonds is 5. The van der Waals surface area contributed by atoms with Crippen LogP contribution in [0.1, 0.15) is 28.8 Å². The van der Waals surface area contributed by atoms with E-state index in [-0.39, 0.29) is 34.6 Å². The average molecular weight is 316 g/mol. The molecule has 1 fully saturated rings. The molecule has 7 nitrogen and oxygen atoms in total. The Labute approximate surface area is 125 Å². The summed E-state index contributed by atoms with van der Waals surface area (Å²) in [5.41, 5.74) is -0.487. The summed E-state index contributed by atoms with van der Waals surface area (Å²) in [7, 11) is 0. The van der Waals surface area contributed by atoms with Gasteiger partial charge in [-0.15, -0.1) is 0 Å². The van der Waals surface area contributed by atoms with Crippen molar-refractivity contribution in [1.82, 2.24) is 0 Å². The van der Waals surface area contributed by atoms with Crippen molar-refractivity contribution in [3.63, 3.8) is 0 Å². The molecule has 1 unspecified atom stereocenters. The van der Waals surface area contributed by atoms with Gasteiger partial charge in [-0.1, -0.05) is 11.6 Å². The molecule has 0 aliphatic carbocycles. The Hall–Kier alpha value is -1.86. The number of carboxylic acid groups (broad SMARTS) is 1. The molecule has 1 aromatic carbocycles. The summed E-state index contributed by atoms with van der Waals surface area (Å²) in [6, 6.07) is 0.919. The van der Waals surface area contributed by atoms with E-state index in [4.69, 9.17) is 26.2 Å². The van der Waals surface area contributed by atoms with E-state index in [0.29, 0.717) is 6.61 Å². The molecule has 0 amide bonds. The number of ether oxygens (including phenoxy) is 2. The molecule has 0 saturated carbocycles. The average Bonchev–Trinajstić information content (AvgIpc) is 2.92. The molecule has 1 N–H and O–H groups in total. The van der Waals surface area contributed by atoms with Gasteiger partial charge in [0.25, 0.3) is 0 Å². The van der Waals surface area contributed by atoms with Crippen molar-refractivity contribution < 1.29 is 24.3 Å². The molecule has 1 atom stereocenters. The summed E-state index contributed by atoms with van der Waals surface area (Å²) in [6.45, 7) is 2.31. The number of benzene rings is 1. The number of nitro benzene ring substituents is 1. The molecule has 114 valence electrons. The van der Waals surface area contributed by atoms with Gasteiger partial charge in [0.2, 0.25) is 5.75 Å². The molecule has 1 aliphatic rings. The zero-order valence-corrected chi connectivity index (χ0v) is 12.1. The van der Waals surface area contributed by atoms with E-state index in [2.05, 4.69) is 0 Å². The Bertz CT molecular complexity index is 583. The second-order valence-electron chi connectivity index (χ2n) is 4.72. The highest BCUT2D eigenvalue weighted by Gasteiger charge is 2.27. The predicted octanol–water partition coefficient (Wildman–Crippen LogP) is 2.81. The normalized spacial score (nSPS) is 17.7. The van der Waals surface area contributed by atoms with Crippen LogP contribution < -0.4 is 4.74 Å². The molecule has 0 spiro atoms. The summed E-state index contributed by atoms with van der Waals surface area (Å²) in [6.07, 6.45) is 1.64. The molecular weight excluding hydrogens is 302 g/mol. The number of hydrogen-bond acceptors (Lipinski definition) is 5. The SMILES string of the molecule is Cc1c(Cl)c(C(=O)O)cc([N+](=O)[O-])c1OCC1CCCO1. The molecule has 1 aromatic rings. The summed E-state index contributed by atoms with van der Waals surface area (Å²) in [4.78, 5) is 21.5. The van der Waals surface area contributed by atoms with Crippen LogP contribution in [0.5, 0.6) is 5.75 Å². The Kier molecular flexibility index (Phi) is 4.64. The lowest BCUT2D eigenvalue weighted by atomic mass is 10.1. The zero-order chi connectivity index (χ0) is 15.6. The van der Waals surface area contributed by atoms with Crippen molar-refractivity contribution >= 4 is 23.3 Å². The molecule has 1 aliphatic heterocycles. The first-order chi connectivity index (χ1) is 9.91. The van der Waals surface area contributed by atoms with Crippen LogP contribution in [-0.4, -0.2) is 35.3 Å². The highest BCUT2D eigenvalue weighted by Crippen LogP contribution is 2.38. The van der Waals surface area contributed by atoms with Crippen molar-refractivity contribution in [3.8, 4) is 5.75 Å². The van der Waals surface area contributed by atoms with Gasteiger partial charge in [-0.3, -0.25) is 10.1 Å². The van der Waals surface area contributed by atoms with Crippen molar-refractivity contribution in [1.29, 1.82) is 0 Å². The zero-order valence-electron chi connectivity index (χ0n) is 11.3. The highest BCUT2D eigenvalue weighted by atomic mass is 35.5. The van der Waals surface area contributed by atoms with Crippen LogP contribution in [0.3, 0.4) is 0 Å². The topological polar surface area (TPSA) is 98.9 Å². The van der Waals surface area contributed by atoms with E-state index in [1.165, 1.54) is 6.92 Å². The molecule has 21 heavy (non-hydrogen) atoms. The van der Waals surface area contributed by atoms with E-state index < -0.39 is 16.6 Å². The largest absolute Gasteiger partial charge is 0.484 e. The first-order valence-corrected chi connectivity index (χ1v) is 6.74. The molecule has 8 heteroatoms. The van der Waals surface area contributed by atoms with Gasteiger partial charge in [0, 0.05) is 18.2 Å². The van der Waals surface area contributed by atoms with Crippen LogP contribution in [0, 0.1) is 17.0 Å². The molecule has 0 aromatic heterocycles. The van der Waals surface area contributed by atoms with Gasteiger partial charge in [0.1, 0.15) is 6.61 Å². The Balaban J connectivity index is 2.35. The summed E-state index contributed by atoms with van der Waals surface area (Å²) in [5, 5.41) is 20.1. The number of carboxylic acids is 1. The number of hydrogen-bond donors (Lipinski definition) is 1. The first-order valence-electron chi connectivity index (χ1n) is 6.37. The van der Waals surface area contributed by atoms with E-state index in [9.17, 15) is 14.9 Å². The van der Waals surface area contributed by atoms with E-state index in [1.807, 2.05) is 0 Å². The van der Waals surface area contributed by atoms with Gasteiger partial charge in [0.05, 0.1) is 21.6 Å². The van der Waals surface area contributed by atoms with Crippen LogP contribution in [0.4, 0.5) is 5.69 Å². The number of nitrogens with zero attached hydrogens (tertiary/aromatic N) is 1. The second-order valence-corrected chi connectivity index (χ2v) is 5.10. The van der Waals surface area contributed by atoms with E-state index >= 15 is 0 Å². The fraction of sp³-hybridized carbons (Fsp3) is 0.462. The summed E-state index contributed by atoms with van der Waals surface area (Å²) >= 11 is 5.95. The highest BCUT2D eigenvalue weighted by molar-refractivity contribution is 6.34. The van der Waals surface area contributed by atoms with Crippen LogP contribution in [-0.2, 0) is 4.74 Å².